The van der Waals surface area contributed by atoms with Gasteiger partial charge in [-0.1, -0.05) is 0 Å². The molecule has 11 heteroatoms. The van der Waals surface area contributed by atoms with Crippen LogP contribution in [-0.2, 0) is 4.79 Å². The summed E-state index contributed by atoms with van der Waals surface area (Å²) in [5.41, 5.74) is 7.32. The Hall–Kier alpha value is -4.93. The number of H-pyrrole nitrogens is 2. The minimum Gasteiger partial charge on any atom is -0.324 e. The van der Waals surface area contributed by atoms with Gasteiger partial charge in [0.1, 0.15) is 11.0 Å². The van der Waals surface area contributed by atoms with E-state index in [4.69, 9.17) is 9.97 Å². The molecule has 7 rings (SSSR count). The number of aryl methyl sites for hydroxylation is 1. The smallest absolute Gasteiger partial charge is 0.227 e. The number of nitrogens with zero attached hydrogens (tertiary/aromatic N) is 7. The molecule has 0 bridgehead atoms. The van der Waals surface area contributed by atoms with Crippen molar-refractivity contribution in [1.82, 2.24) is 44.7 Å². The number of nitrogens with one attached hydrogen (secondary N) is 3. The molecule has 0 aliphatic heterocycles. The number of imidazole rings is 2. The number of pyridine rings is 3. The number of aromatic amines is 2. The van der Waals surface area contributed by atoms with Crippen molar-refractivity contribution >= 4 is 33.8 Å². The molecule has 6 aromatic heterocycles. The topological polar surface area (TPSA) is 143 Å². The number of hydrogen-bond donors (Lipinski definition) is 3. The number of carbonyl (C=O) groups excluding carboxylic acids is 1. The number of carbonyl (C=O) groups is 1. The zero-order chi connectivity index (χ0) is 24.2. The molecule has 1 aliphatic rings. The Balaban J connectivity index is 1.28. The number of fused-ring (bicyclic) bond motifs is 2. The summed E-state index contributed by atoms with van der Waals surface area (Å²) in [5.74, 6) is 0.715. The quantitative estimate of drug-likeness (QED) is 0.343. The third-order valence-corrected chi connectivity index (χ3v) is 6.23. The molecule has 1 saturated carbocycles. The lowest BCUT2D eigenvalue weighted by Crippen LogP contribution is -2.13. The fourth-order valence-electron chi connectivity index (χ4n) is 4.23. The van der Waals surface area contributed by atoms with Gasteiger partial charge in [-0.3, -0.25) is 14.9 Å². The molecule has 1 fully saturated rings. The van der Waals surface area contributed by atoms with E-state index in [1.165, 1.54) is 0 Å². The van der Waals surface area contributed by atoms with Crippen molar-refractivity contribution in [2.45, 2.75) is 19.8 Å². The fourth-order valence-corrected chi connectivity index (χ4v) is 4.23. The van der Waals surface area contributed by atoms with Gasteiger partial charge in [0.25, 0.3) is 0 Å². The molecule has 0 unspecified atom stereocenters. The average molecular weight is 477 g/mol. The van der Waals surface area contributed by atoms with Crippen LogP contribution < -0.4 is 5.32 Å². The second-order valence-corrected chi connectivity index (χ2v) is 8.93. The van der Waals surface area contributed by atoms with E-state index in [2.05, 4.69) is 35.5 Å². The van der Waals surface area contributed by atoms with Gasteiger partial charge in [0.05, 0.1) is 40.8 Å². The third-order valence-electron chi connectivity index (χ3n) is 6.23. The number of hydrogen-bond acceptors (Lipinski definition) is 7. The van der Waals surface area contributed by atoms with E-state index in [-0.39, 0.29) is 11.8 Å². The Kier molecular flexibility index (Phi) is 4.43. The van der Waals surface area contributed by atoms with Gasteiger partial charge < -0.3 is 14.9 Å². The number of aromatic nitrogens is 9. The van der Waals surface area contributed by atoms with Crippen LogP contribution in [0.1, 0.15) is 18.5 Å². The molecule has 3 N–H and O–H groups in total. The summed E-state index contributed by atoms with van der Waals surface area (Å²) in [6, 6.07) is 7.60. The largest absolute Gasteiger partial charge is 0.324 e. The van der Waals surface area contributed by atoms with Crippen LogP contribution in [0, 0.1) is 12.8 Å². The van der Waals surface area contributed by atoms with Crippen LogP contribution in [0.2, 0.25) is 0 Å². The summed E-state index contributed by atoms with van der Waals surface area (Å²) in [6.07, 6.45) is 10.7. The summed E-state index contributed by atoms with van der Waals surface area (Å²) in [6.45, 7) is 1.94. The average Bonchev–Trinajstić information content (AvgIpc) is 3.30. The molecular formula is C25H20N10O. The van der Waals surface area contributed by atoms with E-state index in [1.54, 1.807) is 24.9 Å². The normalized spacial score (nSPS) is 13.5. The minimum atomic E-state index is 0.0400. The number of rotatable bonds is 5. The Bertz CT molecular complexity index is 1770. The van der Waals surface area contributed by atoms with Crippen molar-refractivity contribution in [2.24, 2.45) is 5.92 Å². The molecule has 0 aromatic carbocycles. The molecule has 0 radical (unpaired) electrons. The predicted molar refractivity (Wildman–Crippen MR) is 133 cm³/mol. The summed E-state index contributed by atoms with van der Waals surface area (Å²) in [4.78, 5) is 38.2. The first-order valence-electron chi connectivity index (χ1n) is 11.6. The maximum absolute atomic E-state index is 12.2. The van der Waals surface area contributed by atoms with Gasteiger partial charge in [-0.05, 0) is 44.0 Å². The summed E-state index contributed by atoms with van der Waals surface area (Å²) < 4.78 is 1.92. The molecule has 0 saturated heterocycles. The van der Waals surface area contributed by atoms with Crippen LogP contribution in [0.25, 0.3) is 50.7 Å². The lowest BCUT2D eigenvalue weighted by Gasteiger charge is -2.06. The van der Waals surface area contributed by atoms with Gasteiger partial charge in [0, 0.05) is 30.1 Å². The van der Waals surface area contributed by atoms with Gasteiger partial charge >= 0.3 is 0 Å². The Morgan fingerprint density at radius 1 is 1.11 bits per heavy atom. The lowest BCUT2D eigenvalue weighted by molar-refractivity contribution is -0.117. The maximum Gasteiger partial charge on any atom is 0.227 e. The highest BCUT2D eigenvalue weighted by Crippen LogP contribution is 2.31. The number of anilines is 1. The maximum atomic E-state index is 12.2. The summed E-state index contributed by atoms with van der Waals surface area (Å²) in [5, 5.41) is 10.5. The van der Waals surface area contributed by atoms with E-state index < -0.39 is 0 Å². The zero-order valence-electron chi connectivity index (χ0n) is 19.2. The monoisotopic (exact) mass is 476 g/mol. The molecule has 1 aliphatic carbocycles. The van der Waals surface area contributed by atoms with Gasteiger partial charge in [-0.15, -0.1) is 0 Å². The molecule has 0 atom stereocenters. The second-order valence-electron chi connectivity index (χ2n) is 8.93. The fraction of sp³-hybridized carbons (Fsp3) is 0.160. The Morgan fingerprint density at radius 2 is 2.03 bits per heavy atom. The molecule has 11 nitrogen and oxygen atoms in total. The minimum absolute atomic E-state index is 0.0400. The van der Waals surface area contributed by atoms with Crippen LogP contribution in [0.15, 0.2) is 55.4 Å². The van der Waals surface area contributed by atoms with Crippen molar-refractivity contribution in [3.05, 3.63) is 61.1 Å². The SMILES string of the molecule is Cc1cn(-c2ccnc3[nH]c(-c4n[nH]c5ccc(-c6cncc(NC(=O)C7CC7)c6)nc45)nc23)cn1. The first kappa shape index (κ1) is 20.4. The molecule has 0 spiro atoms. The highest BCUT2D eigenvalue weighted by molar-refractivity contribution is 5.95. The molecule has 6 heterocycles. The van der Waals surface area contributed by atoms with Crippen molar-refractivity contribution in [3.8, 4) is 28.5 Å². The van der Waals surface area contributed by atoms with Crippen molar-refractivity contribution in [2.75, 3.05) is 5.32 Å². The van der Waals surface area contributed by atoms with Gasteiger partial charge in [0.2, 0.25) is 5.91 Å². The number of amides is 1. The predicted octanol–water partition coefficient (Wildman–Crippen LogP) is 3.80. The highest BCUT2D eigenvalue weighted by atomic mass is 16.2. The van der Waals surface area contributed by atoms with Crippen molar-refractivity contribution in [3.63, 3.8) is 0 Å². The first-order chi connectivity index (χ1) is 17.6. The van der Waals surface area contributed by atoms with Gasteiger partial charge in [0.15, 0.2) is 17.2 Å². The van der Waals surface area contributed by atoms with Gasteiger partial charge in [-0.2, -0.15) is 5.10 Å². The van der Waals surface area contributed by atoms with Crippen molar-refractivity contribution < 1.29 is 4.79 Å². The molecule has 6 aromatic rings. The van der Waals surface area contributed by atoms with Crippen LogP contribution in [-0.4, -0.2) is 50.6 Å². The highest BCUT2D eigenvalue weighted by Gasteiger charge is 2.29. The van der Waals surface area contributed by atoms with Gasteiger partial charge in [-0.25, -0.2) is 19.9 Å². The lowest BCUT2D eigenvalue weighted by atomic mass is 10.1. The summed E-state index contributed by atoms with van der Waals surface area (Å²) >= 11 is 0. The zero-order valence-corrected chi connectivity index (χ0v) is 19.2. The Morgan fingerprint density at radius 3 is 2.86 bits per heavy atom. The molecule has 36 heavy (non-hydrogen) atoms. The first-order valence-corrected chi connectivity index (χ1v) is 11.6. The standard InChI is InChI=1S/C25H20N10O/c1-13-11-35(12-28-13)19-6-7-27-23-21(19)31-24(32-23)22-20-18(33-34-22)5-4-17(30-20)15-8-16(10-26-9-15)29-25(36)14-2-3-14/h4-12,14H,2-3H2,1H3,(H,29,36)(H,33,34)(H,27,31,32). The van der Waals surface area contributed by atoms with Crippen molar-refractivity contribution in [1.29, 1.82) is 0 Å². The second kappa shape index (κ2) is 7.80. The van der Waals surface area contributed by atoms with E-state index in [0.29, 0.717) is 39.6 Å². The van der Waals surface area contributed by atoms with E-state index in [9.17, 15) is 4.79 Å². The summed E-state index contributed by atoms with van der Waals surface area (Å²) in [7, 11) is 0. The van der Waals surface area contributed by atoms with E-state index in [0.717, 1.165) is 35.3 Å². The Labute approximate surface area is 204 Å². The molecular weight excluding hydrogens is 456 g/mol. The van der Waals surface area contributed by atoms with E-state index >= 15 is 0 Å². The van der Waals surface area contributed by atoms with Crippen LogP contribution in [0.4, 0.5) is 5.69 Å². The van der Waals surface area contributed by atoms with Crippen LogP contribution in [0.3, 0.4) is 0 Å². The third kappa shape index (κ3) is 3.49. The molecule has 1 amide bonds. The van der Waals surface area contributed by atoms with E-state index in [1.807, 2.05) is 42.0 Å². The van der Waals surface area contributed by atoms with Crippen LogP contribution in [0.5, 0.6) is 0 Å². The van der Waals surface area contributed by atoms with Crippen LogP contribution >= 0.6 is 0 Å². The molecule has 176 valence electrons.